The van der Waals surface area contributed by atoms with Crippen molar-refractivity contribution >= 4 is 40.2 Å². The van der Waals surface area contributed by atoms with Crippen LogP contribution in [0, 0.1) is 3.57 Å². The number of carbonyl (C=O) groups excluding carboxylic acids is 1. The van der Waals surface area contributed by atoms with Crippen LogP contribution in [0.3, 0.4) is 0 Å². The molecule has 0 aliphatic carbocycles. The van der Waals surface area contributed by atoms with Crippen molar-refractivity contribution in [3.63, 3.8) is 0 Å². The molecule has 0 radical (unpaired) electrons. The average Bonchev–Trinajstić information content (AvgIpc) is 2.86. The van der Waals surface area contributed by atoms with Gasteiger partial charge in [0, 0.05) is 21.2 Å². The number of nitrogens with zero attached hydrogens (tertiary/aromatic N) is 1. The zero-order valence-corrected chi connectivity index (χ0v) is 13.1. The Bertz CT molecular complexity index is 729. The van der Waals surface area contributed by atoms with Crippen molar-refractivity contribution in [2.45, 2.75) is 12.5 Å². The molecule has 5 heteroatoms. The van der Waals surface area contributed by atoms with Gasteiger partial charge in [-0.1, -0.05) is 24.3 Å². The maximum atomic E-state index is 12.7. The minimum Gasteiger partial charge on any atom is -0.480 e. The zero-order chi connectivity index (χ0) is 15.0. The molecule has 1 aliphatic rings. The number of benzene rings is 2. The van der Waals surface area contributed by atoms with Gasteiger partial charge in [-0.15, -0.1) is 0 Å². The Hall–Kier alpha value is -1.89. The fraction of sp³-hybridized carbons (Fsp3) is 0.125. The van der Waals surface area contributed by atoms with Crippen LogP contribution in [0.4, 0.5) is 5.69 Å². The van der Waals surface area contributed by atoms with E-state index in [1.165, 1.54) is 4.90 Å². The highest BCUT2D eigenvalue weighted by atomic mass is 127. The number of carbonyl (C=O) groups is 2. The first kappa shape index (κ1) is 14.1. The molecule has 0 bridgehead atoms. The third-order valence-corrected chi connectivity index (χ3v) is 4.22. The van der Waals surface area contributed by atoms with Crippen LogP contribution in [0.1, 0.15) is 15.9 Å². The molecule has 2 aromatic rings. The lowest BCUT2D eigenvalue weighted by Crippen LogP contribution is -2.42. The number of amides is 1. The minimum atomic E-state index is -0.981. The highest BCUT2D eigenvalue weighted by Gasteiger charge is 2.38. The van der Waals surface area contributed by atoms with Gasteiger partial charge < -0.3 is 5.11 Å². The zero-order valence-electron chi connectivity index (χ0n) is 11.0. The largest absolute Gasteiger partial charge is 0.480 e. The predicted octanol–water partition coefficient (Wildman–Crippen LogP) is 2.95. The minimum absolute atomic E-state index is 0.272. The molecule has 1 amide bonds. The molecule has 1 heterocycles. The van der Waals surface area contributed by atoms with Crippen LogP contribution in [0.5, 0.6) is 0 Å². The second kappa shape index (κ2) is 5.48. The molecule has 0 unspecified atom stereocenters. The van der Waals surface area contributed by atoms with E-state index in [0.29, 0.717) is 17.7 Å². The summed E-state index contributed by atoms with van der Waals surface area (Å²) in [6, 6.07) is 13.7. The number of hydrogen-bond acceptors (Lipinski definition) is 2. The van der Waals surface area contributed by atoms with Gasteiger partial charge in [0.25, 0.3) is 5.91 Å². The van der Waals surface area contributed by atoms with Crippen molar-refractivity contribution in [3.8, 4) is 0 Å². The summed E-state index contributed by atoms with van der Waals surface area (Å²) in [5.41, 5.74) is 2.09. The second-order valence-electron chi connectivity index (χ2n) is 4.87. The molecule has 0 spiro atoms. The number of para-hydroxylation sites is 1. The van der Waals surface area contributed by atoms with E-state index >= 15 is 0 Å². The maximum absolute atomic E-state index is 12.7. The molecule has 106 valence electrons. The van der Waals surface area contributed by atoms with Crippen molar-refractivity contribution in [1.29, 1.82) is 0 Å². The molecule has 1 N–H and O–H groups in total. The van der Waals surface area contributed by atoms with Crippen LogP contribution in [0.25, 0.3) is 0 Å². The number of halogens is 1. The number of anilines is 1. The van der Waals surface area contributed by atoms with Gasteiger partial charge in [0.05, 0.1) is 0 Å². The molecule has 0 saturated heterocycles. The standard InChI is InChI=1S/C16H12INO3/c17-12-6-3-5-11(8-12)15(19)18-13-7-2-1-4-10(13)9-14(18)16(20)21/h1-8,14H,9H2,(H,20,21)/t14-/m0/s1. The molecule has 21 heavy (non-hydrogen) atoms. The molecule has 0 saturated carbocycles. The predicted molar refractivity (Wildman–Crippen MR) is 87.5 cm³/mol. The molecule has 4 nitrogen and oxygen atoms in total. The van der Waals surface area contributed by atoms with Crippen LogP contribution < -0.4 is 4.90 Å². The van der Waals surface area contributed by atoms with Crippen molar-refractivity contribution < 1.29 is 14.7 Å². The summed E-state index contributed by atoms with van der Waals surface area (Å²) in [5, 5.41) is 9.41. The average molecular weight is 393 g/mol. The van der Waals surface area contributed by atoms with Crippen LogP contribution in [0.15, 0.2) is 48.5 Å². The Morgan fingerprint density at radius 2 is 1.90 bits per heavy atom. The number of rotatable bonds is 2. The molecular weight excluding hydrogens is 381 g/mol. The number of hydrogen-bond donors (Lipinski definition) is 1. The van der Waals surface area contributed by atoms with Gasteiger partial charge in [-0.05, 0) is 52.4 Å². The quantitative estimate of drug-likeness (QED) is 0.799. The van der Waals surface area contributed by atoms with E-state index < -0.39 is 12.0 Å². The summed E-state index contributed by atoms with van der Waals surface area (Å²) in [5.74, 6) is -1.25. The first-order valence-electron chi connectivity index (χ1n) is 6.48. The number of fused-ring (bicyclic) bond motifs is 1. The lowest BCUT2D eigenvalue weighted by atomic mass is 10.1. The van der Waals surface area contributed by atoms with Gasteiger partial charge in [0.15, 0.2) is 0 Å². The third kappa shape index (κ3) is 2.53. The van der Waals surface area contributed by atoms with Gasteiger partial charge in [-0.2, -0.15) is 0 Å². The molecule has 3 rings (SSSR count). The van der Waals surface area contributed by atoms with Gasteiger partial charge in [0.2, 0.25) is 0 Å². The highest BCUT2D eigenvalue weighted by Crippen LogP contribution is 2.33. The van der Waals surface area contributed by atoms with Crippen molar-refractivity contribution in [1.82, 2.24) is 0 Å². The SMILES string of the molecule is O=C(O)[C@@H]1Cc2ccccc2N1C(=O)c1cccc(I)c1. The third-order valence-electron chi connectivity index (χ3n) is 3.55. The molecule has 1 atom stereocenters. The van der Waals surface area contributed by atoms with Gasteiger partial charge in [-0.25, -0.2) is 4.79 Å². The Balaban J connectivity index is 2.05. The van der Waals surface area contributed by atoms with Gasteiger partial charge in [0.1, 0.15) is 6.04 Å². The van der Waals surface area contributed by atoms with Crippen LogP contribution >= 0.6 is 22.6 Å². The lowest BCUT2D eigenvalue weighted by molar-refractivity contribution is -0.138. The molecule has 0 aromatic heterocycles. The second-order valence-corrected chi connectivity index (χ2v) is 6.12. The molecular formula is C16H12INO3. The number of aliphatic carboxylic acids is 1. The fourth-order valence-corrected chi connectivity index (χ4v) is 3.14. The number of carboxylic acids is 1. The van der Waals surface area contributed by atoms with E-state index in [4.69, 9.17) is 0 Å². The van der Waals surface area contributed by atoms with Crippen LogP contribution in [0.2, 0.25) is 0 Å². The Labute approximate surface area is 135 Å². The summed E-state index contributed by atoms with van der Waals surface area (Å²) in [7, 11) is 0. The molecule has 1 aliphatic heterocycles. The van der Waals surface area contributed by atoms with Crippen LogP contribution in [-0.4, -0.2) is 23.0 Å². The summed E-state index contributed by atoms with van der Waals surface area (Å²) >= 11 is 2.13. The van der Waals surface area contributed by atoms with E-state index in [1.54, 1.807) is 24.3 Å². The van der Waals surface area contributed by atoms with E-state index in [-0.39, 0.29) is 5.91 Å². The van der Waals surface area contributed by atoms with E-state index in [9.17, 15) is 14.7 Å². The Morgan fingerprint density at radius 3 is 2.62 bits per heavy atom. The summed E-state index contributed by atoms with van der Waals surface area (Å²) in [6.45, 7) is 0. The normalized spacial score (nSPS) is 16.6. The first-order chi connectivity index (χ1) is 10.1. The smallest absolute Gasteiger partial charge is 0.327 e. The summed E-state index contributed by atoms with van der Waals surface area (Å²) in [4.78, 5) is 25.6. The monoisotopic (exact) mass is 393 g/mol. The summed E-state index contributed by atoms with van der Waals surface area (Å²) < 4.78 is 0.942. The highest BCUT2D eigenvalue weighted by molar-refractivity contribution is 14.1. The lowest BCUT2D eigenvalue weighted by Gasteiger charge is -2.22. The Kier molecular flexibility index (Phi) is 3.67. The Morgan fingerprint density at radius 1 is 1.14 bits per heavy atom. The van der Waals surface area contributed by atoms with E-state index in [0.717, 1.165) is 9.13 Å². The molecule has 2 aromatic carbocycles. The van der Waals surface area contributed by atoms with Gasteiger partial charge in [-0.3, -0.25) is 9.69 Å². The van der Waals surface area contributed by atoms with Crippen molar-refractivity contribution in [2.75, 3.05) is 4.90 Å². The topological polar surface area (TPSA) is 57.6 Å². The van der Waals surface area contributed by atoms with E-state index in [2.05, 4.69) is 22.6 Å². The van der Waals surface area contributed by atoms with Crippen molar-refractivity contribution in [3.05, 3.63) is 63.2 Å². The van der Waals surface area contributed by atoms with Crippen LogP contribution in [-0.2, 0) is 11.2 Å². The maximum Gasteiger partial charge on any atom is 0.327 e. The molecule has 0 fully saturated rings. The fourth-order valence-electron chi connectivity index (χ4n) is 2.60. The summed E-state index contributed by atoms with van der Waals surface area (Å²) in [6.07, 6.45) is 0.348. The van der Waals surface area contributed by atoms with Crippen molar-refractivity contribution in [2.24, 2.45) is 0 Å². The number of carboxylic acid groups (broad SMARTS) is 1. The first-order valence-corrected chi connectivity index (χ1v) is 7.55. The van der Waals surface area contributed by atoms with E-state index in [1.807, 2.05) is 24.3 Å². The van der Waals surface area contributed by atoms with Gasteiger partial charge >= 0.3 is 5.97 Å².